The van der Waals surface area contributed by atoms with Gasteiger partial charge in [-0.1, -0.05) is 19.9 Å². The molecule has 0 atom stereocenters. The first-order valence-corrected chi connectivity index (χ1v) is 6.88. The van der Waals surface area contributed by atoms with Crippen molar-refractivity contribution in [3.63, 3.8) is 0 Å². The number of hydrogen-bond donors (Lipinski definition) is 2. The van der Waals surface area contributed by atoms with Crippen LogP contribution in [0.5, 0.6) is 0 Å². The van der Waals surface area contributed by atoms with Gasteiger partial charge in [0.2, 0.25) is 5.91 Å². The Morgan fingerprint density at radius 3 is 2.52 bits per heavy atom. The maximum atomic E-state index is 12.3. The molecule has 0 aliphatic carbocycles. The van der Waals surface area contributed by atoms with Crippen LogP contribution in [0.3, 0.4) is 0 Å². The number of nitrogens with zero attached hydrogens (tertiary/aromatic N) is 1. The highest BCUT2D eigenvalue weighted by molar-refractivity contribution is 5.98. The normalized spacial score (nSPS) is 10.0. The van der Waals surface area contributed by atoms with Crippen LogP contribution in [0.15, 0.2) is 24.3 Å². The molecule has 114 valence electrons. The lowest BCUT2D eigenvalue weighted by Crippen LogP contribution is -2.36. The van der Waals surface area contributed by atoms with Crippen molar-refractivity contribution in [1.29, 1.82) is 0 Å². The molecular weight excluding hydrogens is 272 g/mol. The highest BCUT2D eigenvalue weighted by Crippen LogP contribution is 2.13. The summed E-state index contributed by atoms with van der Waals surface area (Å²) in [6.45, 7) is 3.65. The Bertz CT molecular complexity index is 528. The fourth-order valence-corrected chi connectivity index (χ4v) is 1.85. The van der Waals surface area contributed by atoms with Gasteiger partial charge in [-0.05, 0) is 24.6 Å². The number of benzene rings is 1. The molecule has 0 aliphatic heterocycles. The number of carbonyl (C=O) groups is 3. The summed E-state index contributed by atoms with van der Waals surface area (Å²) in [4.78, 5) is 35.8. The molecule has 0 heterocycles. The van der Waals surface area contributed by atoms with E-state index in [9.17, 15) is 14.4 Å². The van der Waals surface area contributed by atoms with Gasteiger partial charge in [-0.25, -0.2) is 0 Å². The van der Waals surface area contributed by atoms with E-state index in [0.29, 0.717) is 30.6 Å². The molecule has 1 aromatic carbocycles. The van der Waals surface area contributed by atoms with E-state index < -0.39 is 5.97 Å². The van der Waals surface area contributed by atoms with Gasteiger partial charge >= 0.3 is 5.97 Å². The van der Waals surface area contributed by atoms with Crippen molar-refractivity contribution in [2.75, 3.05) is 18.4 Å². The van der Waals surface area contributed by atoms with Gasteiger partial charge in [0.15, 0.2) is 0 Å². The second-order valence-electron chi connectivity index (χ2n) is 4.60. The van der Waals surface area contributed by atoms with Crippen molar-refractivity contribution in [2.24, 2.45) is 0 Å². The Morgan fingerprint density at radius 2 is 1.95 bits per heavy atom. The topological polar surface area (TPSA) is 86.7 Å². The zero-order chi connectivity index (χ0) is 15.8. The quantitative estimate of drug-likeness (QED) is 0.804. The minimum atomic E-state index is -1.05. The third-order valence-electron chi connectivity index (χ3n) is 2.82. The number of hydrogen-bond acceptors (Lipinski definition) is 3. The van der Waals surface area contributed by atoms with Crippen molar-refractivity contribution < 1.29 is 19.5 Å². The van der Waals surface area contributed by atoms with Crippen LogP contribution in [0.25, 0.3) is 0 Å². The van der Waals surface area contributed by atoms with E-state index in [-0.39, 0.29) is 18.4 Å². The fourth-order valence-electron chi connectivity index (χ4n) is 1.85. The van der Waals surface area contributed by atoms with Crippen LogP contribution in [0.1, 0.15) is 37.0 Å². The molecule has 1 aromatic rings. The van der Waals surface area contributed by atoms with E-state index in [4.69, 9.17) is 5.11 Å². The molecule has 21 heavy (non-hydrogen) atoms. The monoisotopic (exact) mass is 292 g/mol. The first kappa shape index (κ1) is 16.7. The highest BCUT2D eigenvalue weighted by atomic mass is 16.4. The molecule has 1 rings (SSSR count). The molecule has 0 aliphatic rings. The number of carboxylic acid groups (broad SMARTS) is 1. The highest BCUT2D eigenvalue weighted by Gasteiger charge is 2.18. The molecule has 0 fully saturated rings. The maximum Gasteiger partial charge on any atom is 0.323 e. The molecule has 0 radical (unpaired) electrons. The summed E-state index contributed by atoms with van der Waals surface area (Å²) < 4.78 is 0. The molecule has 2 N–H and O–H groups in total. The summed E-state index contributed by atoms with van der Waals surface area (Å²) in [7, 11) is 0. The van der Waals surface area contributed by atoms with Crippen LogP contribution in [0.2, 0.25) is 0 Å². The number of amides is 2. The van der Waals surface area contributed by atoms with Gasteiger partial charge < -0.3 is 15.3 Å². The Hall–Kier alpha value is -2.37. The molecule has 0 aromatic heterocycles. The van der Waals surface area contributed by atoms with Crippen molar-refractivity contribution in [1.82, 2.24) is 4.90 Å². The van der Waals surface area contributed by atoms with Gasteiger partial charge in [0, 0.05) is 24.2 Å². The molecule has 0 saturated carbocycles. The van der Waals surface area contributed by atoms with E-state index in [1.54, 1.807) is 31.2 Å². The number of rotatable bonds is 7. The molecule has 0 saturated heterocycles. The smallest absolute Gasteiger partial charge is 0.323 e. The molecule has 0 bridgehead atoms. The third kappa shape index (κ3) is 5.25. The zero-order valence-electron chi connectivity index (χ0n) is 12.3. The summed E-state index contributed by atoms with van der Waals surface area (Å²) in [6, 6.07) is 6.50. The van der Waals surface area contributed by atoms with Gasteiger partial charge in [0.1, 0.15) is 6.54 Å². The lowest BCUT2D eigenvalue weighted by Gasteiger charge is -2.20. The Labute approximate surface area is 123 Å². The van der Waals surface area contributed by atoms with Crippen LogP contribution in [-0.4, -0.2) is 40.9 Å². The molecule has 0 unspecified atom stereocenters. The average Bonchev–Trinajstić information content (AvgIpc) is 2.45. The molecule has 2 amide bonds. The average molecular weight is 292 g/mol. The number of carboxylic acids is 1. The zero-order valence-corrected chi connectivity index (χ0v) is 12.3. The Kier molecular flexibility index (Phi) is 6.39. The van der Waals surface area contributed by atoms with Crippen LogP contribution < -0.4 is 5.32 Å². The number of aliphatic carboxylic acids is 1. The van der Waals surface area contributed by atoms with Gasteiger partial charge in [0.05, 0.1) is 0 Å². The second-order valence-corrected chi connectivity index (χ2v) is 4.60. The first-order valence-electron chi connectivity index (χ1n) is 6.88. The third-order valence-corrected chi connectivity index (χ3v) is 2.82. The summed E-state index contributed by atoms with van der Waals surface area (Å²) in [6.07, 6.45) is 1.02. The first-order chi connectivity index (χ1) is 9.97. The van der Waals surface area contributed by atoms with Crippen LogP contribution >= 0.6 is 0 Å². The SMILES string of the molecule is CCCN(CC(=O)O)C(=O)c1cccc(NC(=O)CC)c1. The van der Waals surface area contributed by atoms with Gasteiger partial charge in [-0.2, -0.15) is 0 Å². The number of anilines is 1. The number of carbonyl (C=O) groups excluding carboxylic acids is 2. The largest absolute Gasteiger partial charge is 0.480 e. The molecule has 6 heteroatoms. The number of nitrogens with one attached hydrogen (secondary N) is 1. The lowest BCUT2D eigenvalue weighted by atomic mass is 10.1. The summed E-state index contributed by atoms with van der Waals surface area (Å²) in [5, 5.41) is 11.5. The molecular formula is C15H20N2O4. The van der Waals surface area contributed by atoms with Crippen molar-refractivity contribution in [2.45, 2.75) is 26.7 Å². The van der Waals surface area contributed by atoms with Gasteiger partial charge in [0.25, 0.3) is 5.91 Å². The van der Waals surface area contributed by atoms with Crippen LogP contribution in [0, 0.1) is 0 Å². The van der Waals surface area contributed by atoms with E-state index in [0.717, 1.165) is 0 Å². The van der Waals surface area contributed by atoms with E-state index in [1.165, 1.54) is 4.90 Å². The summed E-state index contributed by atoms with van der Waals surface area (Å²) in [5.41, 5.74) is 0.887. The molecule has 6 nitrogen and oxygen atoms in total. The van der Waals surface area contributed by atoms with Crippen LogP contribution in [0.4, 0.5) is 5.69 Å². The van der Waals surface area contributed by atoms with Crippen molar-refractivity contribution >= 4 is 23.5 Å². The minimum absolute atomic E-state index is 0.143. The fraction of sp³-hybridized carbons (Fsp3) is 0.400. The molecule has 0 spiro atoms. The Morgan fingerprint density at radius 1 is 1.24 bits per heavy atom. The van der Waals surface area contributed by atoms with E-state index in [1.807, 2.05) is 6.92 Å². The minimum Gasteiger partial charge on any atom is -0.480 e. The predicted octanol–water partition coefficient (Wildman–Crippen LogP) is 1.97. The predicted molar refractivity (Wildman–Crippen MR) is 79.2 cm³/mol. The Balaban J connectivity index is 2.91. The van der Waals surface area contributed by atoms with Gasteiger partial charge in [-0.3, -0.25) is 14.4 Å². The van der Waals surface area contributed by atoms with Crippen molar-refractivity contribution in [3.8, 4) is 0 Å². The standard InChI is InChI=1S/C15H20N2O4/c1-3-8-17(10-14(19)20)15(21)11-6-5-7-12(9-11)16-13(18)4-2/h5-7,9H,3-4,8,10H2,1-2H3,(H,16,18)(H,19,20). The van der Waals surface area contributed by atoms with Gasteiger partial charge in [-0.15, -0.1) is 0 Å². The van der Waals surface area contributed by atoms with E-state index >= 15 is 0 Å². The van der Waals surface area contributed by atoms with Crippen molar-refractivity contribution in [3.05, 3.63) is 29.8 Å². The summed E-state index contributed by atoms with van der Waals surface area (Å²) >= 11 is 0. The maximum absolute atomic E-state index is 12.3. The van der Waals surface area contributed by atoms with Crippen LogP contribution in [-0.2, 0) is 9.59 Å². The second kappa shape index (κ2) is 8.04. The van der Waals surface area contributed by atoms with E-state index in [2.05, 4.69) is 5.32 Å². The lowest BCUT2D eigenvalue weighted by molar-refractivity contribution is -0.137. The summed E-state index contributed by atoms with van der Waals surface area (Å²) in [5.74, 6) is -1.55.